The van der Waals surface area contributed by atoms with Gasteiger partial charge in [-0.15, -0.1) is 0 Å². The first-order valence-electron chi connectivity index (χ1n) is 7.93. The molecule has 24 heavy (non-hydrogen) atoms. The molecular weight excluding hydrogens is 318 g/mol. The van der Waals surface area contributed by atoms with Crippen LogP contribution in [0.4, 0.5) is 13.6 Å². The maximum Gasteiger partial charge on any atom is 0.318 e. The van der Waals surface area contributed by atoms with E-state index in [2.05, 4.69) is 10.6 Å². The summed E-state index contributed by atoms with van der Waals surface area (Å²) in [7, 11) is 1.88. The summed E-state index contributed by atoms with van der Waals surface area (Å²) in [5.74, 6) is -1.97. The smallest absolute Gasteiger partial charge is 0.318 e. The van der Waals surface area contributed by atoms with E-state index >= 15 is 0 Å². The number of hydrogen-bond acceptors (Lipinski definition) is 3. The molecule has 0 aliphatic carbocycles. The maximum absolute atomic E-state index is 13.5. The van der Waals surface area contributed by atoms with Crippen LogP contribution in [0.2, 0.25) is 0 Å². The topological polar surface area (TPSA) is 64.7 Å². The second-order valence-corrected chi connectivity index (χ2v) is 6.22. The lowest BCUT2D eigenvalue weighted by atomic mass is 10.00. The molecular formula is C16H20F2N4O2. The fourth-order valence-electron chi connectivity index (χ4n) is 3.34. The second kappa shape index (κ2) is 6.72. The largest absolute Gasteiger partial charge is 0.353 e. The first-order valence-corrected chi connectivity index (χ1v) is 7.93. The molecule has 6 nitrogen and oxygen atoms in total. The van der Waals surface area contributed by atoms with Gasteiger partial charge in [0.1, 0.15) is 6.54 Å². The summed E-state index contributed by atoms with van der Waals surface area (Å²) in [5.41, 5.74) is 0.621. The van der Waals surface area contributed by atoms with Gasteiger partial charge >= 0.3 is 6.03 Å². The molecule has 0 spiro atoms. The average molecular weight is 338 g/mol. The lowest BCUT2D eigenvalue weighted by molar-refractivity contribution is -0.123. The molecule has 3 amide bonds. The molecule has 0 saturated carbocycles. The molecule has 2 atom stereocenters. The summed E-state index contributed by atoms with van der Waals surface area (Å²) in [6.45, 7) is 1.65. The molecule has 2 fully saturated rings. The predicted octanol–water partition coefficient (Wildman–Crippen LogP) is 0.851. The van der Waals surface area contributed by atoms with E-state index in [0.717, 1.165) is 12.6 Å². The van der Waals surface area contributed by atoms with Crippen LogP contribution in [0.1, 0.15) is 18.0 Å². The number of nitrogens with one attached hydrogen (secondary N) is 2. The van der Waals surface area contributed by atoms with Crippen LogP contribution in [0.5, 0.6) is 0 Å². The Balaban J connectivity index is 1.73. The number of benzene rings is 1. The molecule has 2 aliphatic heterocycles. The fraction of sp³-hybridized carbons (Fsp3) is 0.500. The molecule has 1 aromatic rings. The van der Waals surface area contributed by atoms with Crippen molar-refractivity contribution in [3.05, 3.63) is 35.4 Å². The molecule has 1 aromatic carbocycles. The molecule has 8 heteroatoms. The highest BCUT2D eigenvalue weighted by Crippen LogP contribution is 2.31. The monoisotopic (exact) mass is 338 g/mol. The van der Waals surface area contributed by atoms with Crippen LogP contribution in [0.25, 0.3) is 0 Å². The van der Waals surface area contributed by atoms with Gasteiger partial charge in [0.15, 0.2) is 11.6 Å². The quantitative estimate of drug-likeness (QED) is 0.840. The van der Waals surface area contributed by atoms with Crippen molar-refractivity contribution in [3.63, 3.8) is 0 Å². The molecule has 2 N–H and O–H groups in total. The molecule has 2 heterocycles. The van der Waals surface area contributed by atoms with E-state index < -0.39 is 11.6 Å². The van der Waals surface area contributed by atoms with E-state index in [-0.39, 0.29) is 30.6 Å². The van der Waals surface area contributed by atoms with Crippen molar-refractivity contribution in [2.45, 2.75) is 18.5 Å². The minimum absolute atomic E-state index is 0.0320. The predicted molar refractivity (Wildman–Crippen MR) is 83.2 cm³/mol. The van der Waals surface area contributed by atoms with Crippen molar-refractivity contribution in [2.75, 3.05) is 33.2 Å². The van der Waals surface area contributed by atoms with Gasteiger partial charge < -0.3 is 15.5 Å². The van der Waals surface area contributed by atoms with E-state index in [9.17, 15) is 18.4 Å². The number of likely N-dealkylation sites (N-methyl/N-ethyl adjacent to an activating group) is 1. The van der Waals surface area contributed by atoms with Crippen LogP contribution >= 0.6 is 0 Å². The highest BCUT2D eigenvalue weighted by Gasteiger charge is 2.35. The Kier molecular flexibility index (Phi) is 4.66. The number of hydrogen-bond donors (Lipinski definition) is 2. The van der Waals surface area contributed by atoms with Crippen molar-refractivity contribution in [1.82, 2.24) is 20.4 Å². The zero-order valence-electron chi connectivity index (χ0n) is 13.4. The summed E-state index contributed by atoms with van der Waals surface area (Å²) in [4.78, 5) is 27.2. The van der Waals surface area contributed by atoms with Crippen LogP contribution in [-0.2, 0) is 4.79 Å². The first kappa shape index (κ1) is 16.6. The Bertz CT molecular complexity index is 655. The lowest BCUT2D eigenvalue weighted by Crippen LogP contribution is -2.55. The Morgan fingerprint density at radius 1 is 1.29 bits per heavy atom. The van der Waals surface area contributed by atoms with Gasteiger partial charge in [-0.25, -0.2) is 13.6 Å². The molecule has 0 aromatic heterocycles. The third kappa shape index (κ3) is 3.33. The van der Waals surface area contributed by atoms with Crippen molar-refractivity contribution in [1.29, 1.82) is 0 Å². The highest BCUT2D eigenvalue weighted by molar-refractivity contribution is 5.85. The zero-order valence-corrected chi connectivity index (χ0v) is 13.4. The standard InChI is InChI=1S/C16H20F2N4O2/c1-21-6-4-13(15(21)10-2-3-11(17)12(18)8-10)20-16(24)22-7-5-19-14(23)9-22/h2-3,8,13,15H,4-7,9H2,1H3,(H,19,23)(H,20,24). The Morgan fingerprint density at radius 3 is 2.79 bits per heavy atom. The summed E-state index contributed by atoms with van der Waals surface area (Å²) in [6, 6.07) is 3.05. The summed E-state index contributed by atoms with van der Waals surface area (Å²) in [6.07, 6.45) is 0.700. The third-order valence-corrected chi connectivity index (χ3v) is 4.57. The van der Waals surface area contributed by atoms with Crippen LogP contribution in [0.15, 0.2) is 18.2 Å². The Labute approximate surface area is 138 Å². The average Bonchev–Trinajstić information content (AvgIpc) is 2.90. The first-order chi connectivity index (χ1) is 11.5. The summed E-state index contributed by atoms with van der Waals surface area (Å²) in [5, 5.41) is 5.60. The minimum Gasteiger partial charge on any atom is -0.353 e. The van der Waals surface area contributed by atoms with E-state index in [0.29, 0.717) is 25.1 Å². The fourth-order valence-corrected chi connectivity index (χ4v) is 3.34. The van der Waals surface area contributed by atoms with Crippen LogP contribution in [0.3, 0.4) is 0 Å². The molecule has 3 rings (SSSR count). The second-order valence-electron chi connectivity index (χ2n) is 6.22. The van der Waals surface area contributed by atoms with Gasteiger partial charge in [0, 0.05) is 19.6 Å². The number of piperazine rings is 1. The minimum atomic E-state index is -0.898. The number of rotatable bonds is 2. The van der Waals surface area contributed by atoms with Crippen LogP contribution < -0.4 is 10.6 Å². The van der Waals surface area contributed by atoms with Gasteiger partial charge in [0.25, 0.3) is 0 Å². The highest BCUT2D eigenvalue weighted by atomic mass is 19.2. The SMILES string of the molecule is CN1CCC(NC(=O)N2CCNC(=O)C2)C1c1ccc(F)c(F)c1. The van der Waals surface area contributed by atoms with Crippen molar-refractivity contribution >= 4 is 11.9 Å². The van der Waals surface area contributed by atoms with Gasteiger partial charge in [-0.3, -0.25) is 9.69 Å². The summed E-state index contributed by atoms with van der Waals surface area (Å²) < 4.78 is 26.7. The third-order valence-electron chi connectivity index (χ3n) is 4.57. The van der Waals surface area contributed by atoms with Crippen LogP contribution in [-0.4, -0.2) is 61.0 Å². The van der Waals surface area contributed by atoms with Gasteiger partial charge in [-0.05, 0) is 31.2 Å². The molecule has 130 valence electrons. The van der Waals surface area contributed by atoms with E-state index in [1.807, 2.05) is 11.9 Å². The van der Waals surface area contributed by atoms with Gasteiger partial charge in [0.05, 0.1) is 12.1 Å². The van der Waals surface area contributed by atoms with Gasteiger partial charge in [-0.2, -0.15) is 0 Å². The molecule has 0 bridgehead atoms. The van der Waals surface area contributed by atoms with E-state index in [4.69, 9.17) is 0 Å². The molecule has 0 radical (unpaired) electrons. The molecule has 2 unspecified atom stereocenters. The van der Waals surface area contributed by atoms with Crippen molar-refractivity contribution in [2.24, 2.45) is 0 Å². The number of urea groups is 1. The van der Waals surface area contributed by atoms with Gasteiger partial charge in [0.2, 0.25) is 5.91 Å². The number of amides is 3. The van der Waals surface area contributed by atoms with E-state index in [1.165, 1.54) is 11.0 Å². The summed E-state index contributed by atoms with van der Waals surface area (Å²) >= 11 is 0. The van der Waals surface area contributed by atoms with Crippen molar-refractivity contribution < 1.29 is 18.4 Å². The Hall–Kier alpha value is -2.22. The number of nitrogens with zero attached hydrogens (tertiary/aromatic N) is 2. The zero-order chi connectivity index (χ0) is 17.3. The molecule has 2 aliphatic rings. The van der Waals surface area contributed by atoms with Crippen molar-refractivity contribution in [3.8, 4) is 0 Å². The van der Waals surface area contributed by atoms with E-state index in [1.54, 1.807) is 6.07 Å². The number of carbonyl (C=O) groups is 2. The number of halogens is 2. The molecule has 2 saturated heterocycles. The number of likely N-dealkylation sites (tertiary alicyclic amines) is 1. The van der Waals surface area contributed by atoms with Crippen LogP contribution in [0, 0.1) is 11.6 Å². The Morgan fingerprint density at radius 2 is 2.08 bits per heavy atom. The van der Waals surface area contributed by atoms with Gasteiger partial charge in [-0.1, -0.05) is 6.07 Å². The lowest BCUT2D eigenvalue weighted by Gasteiger charge is -2.31. The number of carbonyl (C=O) groups excluding carboxylic acids is 2. The maximum atomic E-state index is 13.5. The normalized spacial score (nSPS) is 24.8.